The second-order valence-corrected chi connectivity index (χ2v) is 9.01. The Morgan fingerprint density at radius 1 is 1.25 bits per heavy atom. The van der Waals surface area contributed by atoms with Gasteiger partial charge in [-0.3, -0.25) is 0 Å². The average Bonchev–Trinajstić information content (AvgIpc) is 2.19. The average molecular weight is 235 g/mol. The molecule has 0 aliphatic heterocycles. The fourth-order valence-corrected chi connectivity index (χ4v) is 2.15. The van der Waals surface area contributed by atoms with E-state index in [0.717, 1.165) is 17.7 Å². The van der Waals surface area contributed by atoms with Crippen LogP contribution in [0.5, 0.6) is 5.75 Å². The van der Waals surface area contributed by atoms with Gasteiger partial charge >= 0.3 is 0 Å². The number of aliphatic imine (C=N–C) groups is 1. The van der Waals surface area contributed by atoms with Crippen LogP contribution in [0.15, 0.2) is 29.3 Å². The van der Waals surface area contributed by atoms with Gasteiger partial charge in [0.15, 0.2) is 0 Å². The first kappa shape index (κ1) is 12.7. The smallest absolute Gasteiger partial charge is 0.242 e. The summed E-state index contributed by atoms with van der Waals surface area (Å²) in [6, 6.07) is 7.96. The van der Waals surface area contributed by atoms with Crippen molar-refractivity contribution in [2.75, 3.05) is 6.54 Å². The van der Waals surface area contributed by atoms with Gasteiger partial charge in [-0.2, -0.15) is 0 Å². The molecule has 0 aliphatic carbocycles. The lowest BCUT2D eigenvalue weighted by atomic mass is 10.1. The van der Waals surface area contributed by atoms with Gasteiger partial charge in [0.05, 0.1) is 6.54 Å². The van der Waals surface area contributed by atoms with Crippen molar-refractivity contribution in [2.45, 2.75) is 26.1 Å². The number of carbonyl (C=O) groups excluding carboxylic acids is 1. The first-order chi connectivity index (χ1) is 7.51. The van der Waals surface area contributed by atoms with Crippen molar-refractivity contribution in [1.82, 2.24) is 0 Å². The summed E-state index contributed by atoms with van der Waals surface area (Å²) in [6.07, 6.45) is 2.30. The predicted octanol–water partition coefficient (Wildman–Crippen LogP) is 2.78. The summed E-state index contributed by atoms with van der Waals surface area (Å²) in [5.41, 5.74) is 1.15. The zero-order chi connectivity index (χ0) is 12.0. The Bertz CT molecular complexity index is 375. The maximum absolute atomic E-state index is 9.90. The molecule has 1 aromatic carbocycles. The van der Waals surface area contributed by atoms with Crippen LogP contribution in [-0.4, -0.2) is 20.9 Å². The Hall–Kier alpha value is -1.38. The lowest BCUT2D eigenvalue weighted by Crippen LogP contribution is -2.29. The number of rotatable bonds is 5. The van der Waals surface area contributed by atoms with Gasteiger partial charge in [0.25, 0.3) is 0 Å². The molecule has 0 saturated heterocycles. The molecule has 0 saturated carbocycles. The second-order valence-electron chi connectivity index (χ2n) is 4.58. The van der Waals surface area contributed by atoms with Crippen molar-refractivity contribution < 1.29 is 9.22 Å². The van der Waals surface area contributed by atoms with E-state index < -0.39 is 8.32 Å². The summed E-state index contributed by atoms with van der Waals surface area (Å²) in [6.45, 7) is 6.96. The minimum Gasteiger partial charge on any atom is -0.544 e. The number of hydrogen-bond acceptors (Lipinski definition) is 3. The van der Waals surface area contributed by atoms with E-state index in [1.54, 1.807) is 0 Å². The molecule has 0 N–H and O–H groups in total. The molecule has 0 spiro atoms. The van der Waals surface area contributed by atoms with Gasteiger partial charge in [-0.25, -0.2) is 9.79 Å². The Balaban J connectivity index is 2.57. The van der Waals surface area contributed by atoms with Crippen LogP contribution in [0.25, 0.3) is 0 Å². The molecule has 1 rings (SSSR count). The molecule has 0 aliphatic rings. The molecule has 0 atom stereocenters. The van der Waals surface area contributed by atoms with Crippen LogP contribution in [-0.2, 0) is 11.2 Å². The molecule has 16 heavy (non-hydrogen) atoms. The first-order valence-electron chi connectivity index (χ1n) is 5.33. The highest BCUT2D eigenvalue weighted by atomic mass is 28.4. The van der Waals surface area contributed by atoms with Crippen molar-refractivity contribution in [3.05, 3.63) is 29.8 Å². The highest BCUT2D eigenvalue weighted by Gasteiger charge is 2.15. The van der Waals surface area contributed by atoms with Gasteiger partial charge in [0.1, 0.15) is 5.75 Å². The van der Waals surface area contributed by atoms with E-state index in [9.17, 15) is 4.79 Å². The van der Waals surface area contributed by atoms with Crippen LogP contribution in [0.2, 0.25) is 19.6 Å². The van der Waals surface area contributed by atoms with E-state index in [1.165, 1.54) is 6.08 Å². The molecule has 0 bridgehead atoms. The van der Waals surface area contributed by atoms with Crippen LogP contribution < -0.4 is 4.43 Å². The zero-order valence-electron chi connectivity index (χ0n) is 9.99. The zero-order valence-corrected chi connectivity index (χ0v) is 11.0. The van der Waals surface area contributed by atoms with Gasteiger partial charge < -0.3 is 4.43 Å². The van der Waals surface area contributed by atoms with Gasteiger partial charge in [-0.1, -0.05) is 12.1 Å². The quantitative estimate of drug-likeness (QED) is 0.447. The SMILES string of the molecule is C[Si](C)(C)Oc1ccc(CCN=C=O)cc1. The monoisotopic (exact) mass is 235 g/mol. The van der Waals surface area contributed by atoms with Crippen LogP contribution in [0.1, 0.15) is 5.56 Å². The first-order valence-corrected chi connectivity index (χ1v) is 8.74. The third-order valence-electron chi connectivity index (χ3n) is 1.92. The van der Waals surface area contributed by atoms with Crippen LogP contribution in [0.4, 0.5) is 0 Å². The Morgan fingerprint density at radius 2 is 1.88 bits per heavy atom. The molecule has 0 fully saturated rings. The van der Waals surface area contributed by atoms with Gasteiger partial charge in [0, 0.05) is 0 Å². The largest absolute Gasteiger partial charge is 0.544 e. The summed E-state index contributed by atoms with van der Waals surface area (Å²) in [7, 11) is -1.52. The van der Waals surface area contributed by atoms with Crippen LogP contribution in [0, 0.1) is 0 Å². The Labute approximate surface area is 97.3 Å². The van der Waals surface area contributed by atoms with Crippen molar-refractivity contribution >= 4 is 14.4 Å². The molecular formula is C12H17NO2Si. The fourth-order valence-electron chi connectivity index (χ4n) is 1.31. The third kappa shape index (κ3) is 4.91. The van der Waals surface area contributed by atoms with E-state index in [1.807, 2.05) is 24.3 Å². The topological polar surface area (TPSA) is 38.7 Å². The highest BCUT2D eigenvalue weighted by molar-refractivity contribution is 6.70. The van der Waals surface area contributed by atoms with Crippen molar-refractivity contribution in [2.24, 2.45) is 4.99 Å². The van der Waals surface area contributed by atoms with E-state index in [-0.39, 0.29) is 0 Å². The number of nitrogens with zero attached hydrogens (tertiary/aromatic N) is 1. The molecule has 1 aromatic rings. The van der Waals surface area contributed by atoms with E-state index in [2.05, 4.69) is 24.6 Å². The summed E-state index contributed by atoms with van der Waals surface area (Å²) in [5, 5.41) is 0. The van der Waals surface area contributed by atoms with E-state index in [4.69, 9.17) is 4.43 Å². The maximum atomic E-state index is 9.90. The highest BCUT2D eigenvalue weighted by Crippen LogP contribution is 2.17. The van der Waals surface area contributed by atoms with Crippen molar-refractivity contribution in [1.29, 1.82) is 0 Å². The van der Waals surface area contributed by atoms with Crippen molar-refractivity contribution in [3.63, 3.8) is 0 Å². The molecule has 0 aromatic heterocycles. The number of benzene rings is 1. The molecule has 0 amide bonds. The molecule has 3 nitrogen and oxygen atoms in total. The molecule has 0 unspecified atom stereocenters. The Kier molecular flexibility index (Phi) is 4.47. The van der Waals surface area contributed by atoms with Gasteiger partial charge in [-0.05, 0) is 43.8 Å². The van der Waals surface area contributed by atoms with E-state index >= 15 is 0 Å². The lowest BCUT2D eigenvalue weighted by molar-refractivity contribution is 0.557. The number of hydrogen-bond donors (Lipinski definition) is 0. The summed E-state index contributed by atoms with van der Waals surface area (Å²) in [5.74, 6) is 0.918. The predicted molar refractivity (Wildman–Crippen MR) is 67.1 cm³/mol. The summed E-state index contributed by atoms with van der Waals surface area (Å²) in [4.78, 5) is 13.4. The fraction of sp³-hybridized carbons (Fsp3) is 0.417. The van der Waals surface area contributed by atoms with E-state index in [0.29, 0.717) is 6.54 Å². The van der Waals surface area contributed by atoms with Crippen LogP contribution >= 0.6 is 0 Å². The molecule has 4 heteroatoms. The molecular weight excluding hydrogens is 218 g/mol. The maximum Gasteiger partial charge on any atom is 0.242 e. The second kappa shape index (κ2) is 5.63. The van der Waals surface area contributed by atoms with Gasteiger partial charge in [-0.15, -0.1) is 0 Å². The lowest BCUT2D eigenvalue weighted by Gasteiger charge is -2.19. The molecule has 0 radical (unpaired) electrons. The molecule has 86 valence electrons. The third-order valence-corrected chi connectivity index (χ3v) is 2.77. The van der Waals surface area contributed by atoms with Crippen LogP contribution in [0.3, 0.4) is 0 Å². The van der Waals surface area contributed by atoms with Gasteiger partial charge in [0.2, 0.25) is 14.4 Å². The van der Waals surface area contributed by atoms with Crippen molar-refractivity contribution in [3.8, 4) is 5.75 Å². The minimum absolute atomic E-state index is 0.498. The normalized spacial score (nSPS) is 10.7. The number of isocyanates is 1. The summed E-state index contributed by atoms with van der Waals surface area (Å²) < 4.78 is 5.84. The summed E-state index contributed by atoms with van der Waals surface area (Å²) >= 11 is 0. The molecule has 0 heterocycles. The minimum atomic E-state index is -1.52. The standard InChI is InChI=1S/C12H17NO2Si/c1-16(2,3)15-12-6-4-11(5-7-12)8-9-13-10-14/h4-7H,8-9H2,1-3H3. The Morgan fingerprint density at radius 3 is 2.38 bits per heavy atom.